The van der Waals surface area contributed by atoms with Gasteiger partial charge < -0.3 is 25.6 Å². The molecule has 178 valence electrons. The molecular formula is C22H37ClN2O6. The highest BCUT2D eigenvalue weighted by molar-refractivity contribution is 6.68. The minimum atomic E-state index is -1.11. The zero-order chi connectivity index (χ0) is 24.7. The second kappa shape index (κ2) is 16.7. The number of amides is 2. The molecule has 1 unspecified atom stereocenters. The standard InChI is InChI=1S/C18H25ClN2O6.2C2H6/c1-5-12-14(17(19)25)9(2)16(21-13(24)8-27-4)10(3)15(12)18(26)20-6-11(23)7-22;2*1-2/h11,22-23H,5-8H2,1-4H3,(H,20,26)(H,21,24);2*1-2H3. The minimum absolute atomic E-state index is 0.158. The van der Waals surface area contributed by atoms with Gasteiger partial charge in [0.15, 0.2) is 0 Å². The van der Waals surface area contributed by atoms with Gasteiger partial charge in [-0.15, -0.1) is 0 Å². The monoisotopic (exact) mass is 460 g/mol. The number of carbonyl (C=O) groups excluding carboxylic acids is 3. The third-order valence-electron chi connectivity index (χ3n) is 4.13. The second-order valence-electron chi connectivity index (χ2n) is 6.01. The number of methoxy groups -OCH3 is 1. The van der Waals surface area contributed by atoms with E-state index in [1.165, 1.54) is 7.11 Å². The van der Waals surface area contributed by atoms with Gasteiger partial charge in [0.25, 0.3) is 11.1 Å². The van der Waals surface area contributed by atoms with Gasteiger partial charge in [0, 0.05) is 30.5 Å². The maximum Gasteiger partial charge on any atom is 0.253 e. The number of carbonyl (C=O) groups is 3. The van der Waals surface area contributed by atoms with Crippen LogP contribution in [0, 0.1) is 13.8 Å². The predicted octanol–water partition coefficient (Wildman–Crippen LogP) is 2.97. The van der Waals surface area contributed by atoms with Crippen molar-refractivity contribution in [1.82, 2.24) is 5.32 Å². The van der Waals surface area contributed by atoms with Crippen molar-refractivity contribution in [2.24, 2.45) is 0 Å². The number of anilines is 1. The molecule has 4 N–H and O–H groups in total. The molecule has 0 aliphatic carbocycles. The lowest BCUT2D eigenvalue weighted by Gasteiger charge is -2.22. The molecule has 0 aliphatic rings. The largest absolute Gasteiger partial charge is 0.394 e. The third kappa shape index (κ3) is 8.95. The first-order valence-corrected chi connectivity index (χ1v) is 10.8. The SMILES string of the molecule is CC.CC.CCc1c(C(=O)Cl)c(C)c(NC(=O)COC)c(C)c1C(=O)NCC(O)CO. The fourth-order valence-electron chi connectivity index (χ4n) is 2.89. The van der Waals surface area contributed by atoms with E-state index in [2.05, 4.69) is 10.6 Å². The van der Waals surface area contributed by atoms with Crippen LogP contribution in [0.1, 0.15) is 72.0 Å². The van der Waals surface area contributed by atoms with Gasteiger partial charge >= 0.3 is 0 Å². The smallest absolute Gasteiger partial charge is 0.253 e. The van der Waals surface area contributed by atoms with Crippen LogP contribution in [0.4, 0.5) is 5.69 Å². The van der Waals surface area contributed by atoms with E-state index in [-0.39, 0.29) is 24.3 Å². The molecule has 0 heterocycles. The van der Waals surface area contributed by atoms with E-state index in [9.17, 15) is 19.5 Å². The Morgan fingerprint density at radius 3 is 2.00 bits per heavy atom. The molecule has 1 aromatic rings. The van der Waals surface area contributed by atoms with E-state index in [0.29, 0.717) is 28.8 Å². The van der Waals surface area contributed by atoms with E-state index in [0.717, 1.165) is 0 Å². The van der Waals surface area contributed by atoms with Gasteiger partial charge in [-0.3, -0.25) is 14.4 Å². The summed E-state index contributed by atoms with van der Waals surface area (Å²) in [7, 11) is 1.37. The van der Waals surface area contributed by atoms with E-state index in [4.69, 9.17) is 21.4 Å². The normalized spacial score (nSPS) is 10.7. The van der Waals surface area contributed by atoms with Crippen LogP contribution < -0.4 is 10.6 Å². The molecule has 1 atom stereocenters. The summed E-state index contributed by atoms with van der Waals surface area (Å²) < 4.78 is 4.80. The Kier molecular flexibility index (Phi) is 16.8. The lowest BCUT2D eigenvalue weighted by atomic mass is 9.89. The Morgan fingerprint density at radius 2 is 1.58 bits per heavy atom. The number of aliphatic hydroxyl groups excluding tert-OH is 2. The van der Waals surface area contributed by atoms with Gasteiger partial charge in [-0.25, -0.2) is 0 Å². The van der Waals surface area contributed by atoms with Crippen molar-refractivity contribution in [3.8, 4) is 0 Å². The molecule has 9 heteroatoms. The average Bonchev–Trinajstić information content (AvgIpc) is 2.76. The van der Waals surface area contributed by atoms with E-state index in [1.54, 1.807) is 20.8 Å². The first kappa shape index (κ1) is 31.2. The number of nitrogens with one attached hydrogen (secondary N) is 2. The molecule has 0 aromatic heterocycles. The molecule has 0 fully saturated rings. The van der Waals surface area contributed by atoms with Crippen molar-refractivity contribution < 1.29 is 29.3 Å². The Labute approximate surface area is 190 Å². The lowest BCUT2D eigenvalue weighted by Crippen LogP contribution is -2.35. The summed E-state index contributed by atoms with van der Waals surface area (Å²) in [6, 6.07) is 0. The zero-order valence-electron chi connectivity index (χ0n) is 19.8. The van der Waals surface area contributed by atoms with Crippen molar-refractivity contribution in [3.05, 3.63) is 27.8 Å². The summed E-state index contributed by atoms with van der Waals surface area (Å²) in [6.45, 7) is 12.2. The van der Waals surface area contributed by atoms with Crippen LogP contribution in [-0.4, -0.2) is 60.2 Å². The summed E-state index contributed by atoms with van der Waals surface area (Å²) in [4.78, 5) is 36.7. The highest BCUT2D eigenvalue weighted by atomic mass is 35.5. The first-order chi connectivity index (χ1) is 14.7. The van der Waals surface area contributed by atoms with E-state index >= 15 is 0 Å². The van der Waals surface area contributed by atoms with Crippen LogP contribution in [-0.2, 0) is 16.0 Å². The fraction of sp³-hybridized carbons (Fsp3) is 0.591. The number of rotatable bonds is 9. The molecule has 0 radical (unpaired) electrons. The Morgan fingerprint density at radius 1 is 1.06 bits per heavy atom. The van der Waals surface area contributed by atoms with Crippen LogP contribution in [0.3, 0.4) is 0 Å². The molecule has 0 saturated heterocycles. The van der Waals surface area contributed by atoms with Crippen LogP contribution >= 0.6 is 11.6 Å². The zero-order valence-corrected chi connectivity index (χ0v) is 20.6. The highest BCUT2D eigenvalue weighted by Crippen LogP contribution is 2.33. The molecule has 0 bridgehead atoms. The quantitative estimate of drug-likeness (QED) is 0.420. The fourth-order valence-corrected chi connectivity index (χ4v) is 3.15. The van der Waals surface area contributed by atoms with E-state index < -0.39 is 29.8 Å². The van der Waals surface area contributed by atoms with Gasteiger partial charge in [0.05, 0.1) is 12.7 Å². The van der Waals surface area contributed by atoms with Crippen molar-refractivity contribution in [2.75, 3.05) is 32.2 Å². The number of halogens is 1. The Bertz CT molecular complexity index is 737. The first-order valence-electron chi connectivity index (χ1n) is 10.4. The van der Waals surface area contributed by atoms with Gasteiger partial charge in [-0.05, 0) is 48.6 Å². The molecule has 0 saturated carbocycles. The summed E-state index contributed by atoms with van der Waals surface area (Å²) >= 11 is 5.76. The third-order valence-corrected chi connectivity index (χ3v) is 4.32. The molecule has 0 aliphatic heterocycles. The van der Waals surface area contributed by atoms with Gasteiger partial charge in [-0.1, -0.05) is 34.6 Å². The van der Waals surface area contributed by atoms with Crippen molar-refractivity contribution in [3.63, 3.8) is 0 Å². The predicted molar refractivity (Wildman–Crippen MR) is 124 cm³/mol. The molecule has 2 amide bonds. The number of aliphatic hydroxyl groups is 2. The lowest BCUT2D eigenvalue weighted by molar-refractivity contribution is -0.119. The van der Waals surface area contributed by atoms with E-state index in [1.807, 2.05) is 27.7 Å². The summed E-state index contributed by atoms with van der Waals surface area (Å²) in [5.74, 6) is -0.985. The topological polar surface area (TPSA) is 125 Å². The van der Waals surface area contributed by atoms with Gasteiger partial charge in [-0.2, -0.15) is 0 Å². The number of hydrogen-bond acceptors (Lipinski definition) is 6. The molecule has 8 nitrogen and oxygen atoms in total. The second-order valence-corrected chi connectivity index (χ2v) is 6.35. The average molecular weight is 461 g/mol. The summed E-state index contributed by atoms with van der Waals surface area (Å²) in [5, 5.41) is 22.8. The summed E-state index contributed by atoms with van der Waals surface area (Å²) in [6.07, 6.45) is -0.757. The highest BCUT2D eigenvalue weighted by Gasteiger charge is 2.26. The van der Waals surface area contributed by atoms with Gasteiger partial charge in [0.1, 0.15) is 6.61 Å². The Hall–Kier alpha value is -2.00. The van der Waals surface area contributed by atoms with Crippen molar-refractivity contribution in [1.29, 1.82) is 0 Å². The van der Waals surface area contributed by atoms with Crippen molar-refractivity contribution >= 4 is 34.3 Å². The maximum atomic E-state index is 12.7. The van der Waals surface area contributed by atoms with Crippen LogP contribution in [0.5, 0.6) is 0 Å². The van der Waals surface area contributed by atoms with Crippen LogP contribution in [0.25, 0.3) is 0 Å². The maximum absolute atomic E-state index is 12.7. The van der Waals surface area contributed by atoms with Crippen LogP contribution in [0.2, 0.25) is 0 Å². The Balaban J connectivity index is 0. The number of ether oxygens (including phenoxy) is 1. The number of hydrogen-bond donors (Lipinski definition) is 4. The minimum Gasteiger partial charge on any atom is -0.394 e. The number of benzene rings is 1. The van der Waals surface area contributed by atoms with Gasteiger partial charge in [0.2, 0.25) is 5.91 Å². The molecular weight excluding hydrogens is 424 g/mol. The molecule has 31 heavy (non-hydrogen) atoms. The van der Waals surface area contributed by atoms with Crippen LogP contribution in [0.15, 0.2) is 0 Å². The summed E-state index contributed by atoms with van der Waals surface area (Å²) in [5.41, 5.74) is 2.04. The van der Waals surface area contributed by atoms with Crippen molar-refractivity contribution in [2.45, 2.75) is 61.0 Å². The molecule has 1 rings (SSSR count). The molecule has 1 aromatic carbocycles. The molecule has 0 spiro atoms.